The Hall–Kier alpha value is -1.87. The molecule has 1 atom stereocenters. The van der Waals surface area contributed by atoms with E-state index in [-0.39, 0.29) is 17.3 Å². The zero-order chi connectivity index (χ0) is 16.9. The van der Waals surface area contributed by atoms with Gasteiger partial charge in [0.15, 0.2) is 0 Å². The molecule has 0 fully saturated rings. The summed E-state index contributed by atoms with van der Waals surface area (Å²) in [6.07, 6.45) is 1.89. The van der Waals surface area contributed by atoms with Crippen LogP contribution in [0.3, 0.4) is 0 Å². The number of halogens is 1. The quantitative estimate of drug-likeness (QED) is 0.838. The van der Waals surface area contributed by atoms with Crippen LogP contribution in [0.2, 0.25) is 0 Å². The number of rotatable bonds is 6. The summed E-state index contributed by atoms with van der Waals surface area (Å²) in [4.78, 5) is 0. The van der Waals surface area contributed by atoms with Gasteiger partial charge in [0.05, 0.1) is 0 Å². The van der Waals surface area contributed by atoms with Crippen molar-refractivity contribution in [3.05, 3.63) is 65.5 Å². The van der Waals surface area contributed by atoms with Gasteiger partial charge in [-0.1, -0.05) is 45.0 Å². The Bertz CT molecular complexity index is 616. The molecule has 23 heavy (non-hydrogen) atoms. The number of aryl methyl sites for hydroxylation is 1. The van der Waals surface area contributed by atoms with E-state index in [4.69, 9.17) is 10.5 Å². The molecule has 2 rings (SSSR count). The summed E-state index contributed by atoms with van der Waals surface area (Å²) in [7, 11) is 0. The molecule has 0 aliphatic rings. The van der Waals surface area contributed by atoms with Crippen molar-refractivity contribution in [1.82, 2.24) is 0 Å². The molecule has 0 saturated heterocycles. The molecule has 3 heteroatoms. The zero-order valence-electron chi connectivity index (χ0n) is 14.2. The maximum Gasteiger partial charge on any atom is 0.123 e. The van der Waals surface area contributed by atoms with E-state index in [0.29, 0.717) is 6.61 Å². The van der Waals surface area contributed by atoms with E-state index in [9.17, 15) is 4.39 Å². The minimum Gasteiger partial charge on any atom is -0.489 e. The summed E-state index contributed by atoms with van der Waals surface area (Å²) >= 11 is 0. The summed E-state index contributed by atoms with van der Waals surface area (Å²) in [6, 6.07) is 14.6. The van der Waals surface area contributed by atoms with Crippen LogP contribution in [0.4, 0.5) is 4.39 Å². The molecule has 0 spiro atoms. The highest BCUT2D eigenvalue weighted by Crippen LogP contribution is 2.22. The fourth-order valence-corrected chi connectivity index (χ4v) is 2.29. The van der Waals surface area contributed by atoms with Crippen LogP contribution in [0.5, 0.6) is 5.75 Å². The average molecular weight is 315 g/mol. The van der Waals surface area contributed by atoms with Crippen LogP contribution in [0.25, 0.3) is 0 Å². The normalized spacial score (nSPS) is 12.9. The lowest BCUT2D eigenvalue weighted by atomic mass is 9.84. The summed E-state index contributed by atoms with van der Waals surface area (Å²) in [6.45, 7) is 6.94. The Morgan fingerprint density at radius 2 is 1.74 bits per heavy atom. The summed E-state index contributed by atoms with van der Waals surface area (Å²) < 4.78 is 18.7. The van der Waals surface area contributed by atoms with Crippen LogP contribution in [-0.2, 0) is 13.0 Å². The lowest BCUT2D eigenvalue weighted by Crippen LogP contribution is -2.35. The topological polar surface area (TPSA) is 35.2 Å². The number of ether oxygens (including phenoxy) is 1. The Kier molecular flexibility index (Phi) is 5.78. The Balaban J connectivity index is 1.90. The molecule has 2 N–H and O–H groups in total. The molecule has 124 valence electrons. The van der Waals surface area contributed by atoms with Crippen molar-refractivity contribution in [2.45, 2.75) is 46.3 Å². The molecular weight excluding hydrogens is 289 g/mol. The molecule has 0 amide bonds. The predicted molar refractivity (Wildman–Crippen MR) is 92.9 cm³/mol. The van der Waals surface area contributed by atoms with Crippen molar-refractivity contribution in [2.75, 3.05) is 0 Å². The van der Waals surface area contributed by atoms with Gasteiger partial charge < -0.3 is 10.5 Å². The molecule has 0 radical (unpaired) electrons. The van der Waals surface area contributed by atoms with Gasteiger partial charge in [-0.2, -0.15) is 0 Å². The summed E-state index contributed by atoms with van der Waals surface area (Å²) in [5, 5.41) is 0. The van der Waals surface area contributed by atoms with Crippen LogP contribution < -0.4 is 10.5 Å². The molecule has 0 aliphatic carbocycles. The largest absolute Gasteiger partial charge is 0.489 e. The molecule has 2 aromatic rings. The first-order valence-corrected chi connectivity index (χ1v) is 8.06. The molecule has 0 saturated carbocycles. The predicted octanol–water partition coefficient (Wildman–Crippen LogP) is 4.71. The Morgan fingerprint density at radius 3 is 2.39 bits per heavy atom. The van der Waals surface area contributed by atoms with Crippen molar-refractivity contribution < 1.29 is 9.13 Å². The van der Waals surface area contributed by atoms with E-state index in [1.807, 2.05) is 12.1 Å². The van der Waals surface area contributed by atoms with E-state index in [1.54, 1.807) is 12.1 Å². The van der Waals surface area contributed by atoms with Crippen LogP contribution in [-0.4, -0.2) is 6.04 Å². The first-order chi connectivity index (χ1) is 10.8. The van der Waals surface area contributed by atoms with Gasteiger partial charge in [-0.05, 0) is 53.6 Å². The van der Waals surface area contributed by atoms with Crippen LogP contribution in [0.1, 0.15) is 38.3 Å². The van der Waals surface area contributed by atoms with Crippen LogP contribution in [0.15, 0.2) is 48.5 Å². The SMILES string of the molecule is CC(C)(C)C(N)CCc1cccc(OCc2ccc(F)cc2)c1. The van der Waals surface area contributed by atoms with Crippen molar-refractivity contribution >= 4 is 0 Å². The first kappa shape index (κ1) is 17.5. The van der Waals surface area contributed by atoms with Gasteiger partial charge in [-0.15, -0.1) is 0 Å². The molecule has 2 aromatic carbocycles. The van der Waals surface area contributed by atoms with Crippen molar-refractivity contribution in [2.24, 2.45) is 11.1 Å². The number of benzene rings is 2. The molecular formula is C20H26FNO. The monoisotopic (exact) mass is 315 g/mol. The summed E-state index contributed by atoms with van der Waals surface area (Å²) in [5.74, 6) is 0.599. The standard InChI is InChI=1S/C20H26FNO/c1-20(2,3)19(22)12-9-15-5-4-6-18(13-15)23-14-16-7-10-17(21)11-8-16/h4-8,10-11,13,19H,9,12,14,22H2,1-3H3. The van der Waals surface area contributed by atoms with E-state index >= 15 is 0 Å². The maximum absolute atomic E-state index is 12.9. The minimum absolute atomic E-state index is 0.122. The first-order valence-electron chi connectivity index (χ1n) is 8.06. The summed E-state index contributed by atoms with van der Waals surface area (Å²) in [5.41, 5.74) is 8.52. The number of hydrogen-bond acceptors (Lipinski definition) is 2. The fraction of sp³-hybridized carbons (Fsp3) is 0.400. The molecule has 0 heterocycles. The highest BCUT2D eigenvalue weighted by molar-refractivity contribution is 5.29. The number of hydrogen-bond donors (Lipinski definition) is 1. The molecule has 1 unspecified atom stereocenters. The third-order valence-corrected chi connectivity index (χ3v) is 4.07. The third-order valence-electron chi connectivity index (χ3n) is 4.07. The lowest BCUT2D eigenvalue weighted by Gasteiger charge is -2.27. The van der Waals surface area contributed by atoms with E-state index in [2.05, 4.69) is 32.9 Å². The van der Waals surface area contributed by atoms with Gasteiger partial charge >= 0.3 is 0 Å². The molecule has 0 bridgehead atoms. The van der Waals surface area contributed by atoms with Gasteiger partial charge in [-0.3, -0.25) is 0 Å². The van der Waals surface area contributed by atoms with Crippen molar-refractivity contribution in [3.63, 3.8) is 0 Å². The van der Waals surface area contributed by atoms with Crippen LogP contribution >= 0.6 is 0 Å². The van der Waals surface area contributed by atoms with Gasteiger partial charge in [0.1, 0.15) is 18.2 Å². The zero-order valence-corrected chi connectivity index (χ0v) is 14.2. The smallest absolute Gasteiger partial charge is 0.123 e. The van der Waals surface area contributed by atoms with Crippen LogP contribution in [0, 0.1) is 11.2 Å². The second kappa shape index (κ2) is 7.60. The van der Waals surface area contributed by atoms with Gasteiger partial charge in [0.2, 0.25) is 0 Å². The Morgan fingerprint density at radius 1 is 1.04 bits per heavy atom. The number of nitrogens with two attached hydrogens (primary N) is 1. The van der Waals surface area contributed by atoms with Crippen molar-refractivity contribution in [1.29, 1.82) is 0 Å². The van der Waals surface area contributed by atoms with Gasteiger partial charge in [-0.25, -0.2) is 4.39 Å². The highest BCUT2D eigenvalue weighted by atomic mass is 19.1. The molecule has 2 nitrogen and oxygen atoms in total. The molecule has 0 aliphatic heterocycles. The van der Waals surface area contributed by atoms with E-state index < -0.39 is 0 Å². The van der Waals surface area contributed by atoms with E-state index in [0.717, 1.165) is 24.2 Å². The van der Waals surface area contributed by atoms with Gasteiger partial charge in [0, 0.05) is 6.04 Å². The third kappa shape index (κ3) is 5.68. The van der Waals surface area contributed by atoms with E-state index in [1.165, 1.54) is 17.7 Å². The second-order valence-electron chi connectivity index (χ2n) is 7.07. The lowest BCUT2D eigenvalue weighted by molar-refractivity contribution is 0.302. The minimum atomic E-state index is -0.231. The average Bonchev–Trinajstić information content (AvgIpc) is 2.51. The highest BCUT2D eigenvalue weighted by Gasteiger charge is 2.19. The Labute approximate surface area is 138 Å². The maximum atomic E-state index is 12.9. The van der Waals surface area contributed by atoms with Gasteiger partial charge in [0.25, 0.3) is 0 Å². The second-order valence-corrected chi connectivity index (χ2v) is 7.07. The fourth-order valence-electron chi connectivity index (χ4n) is 2.29. The van der Waals surface area contributed by atoms with Crippen molar-refractivity contribution in [3.8, 4) is 5.75 Å². The molecule has 0 aromatic heterocycles.